The number of hydrogen-bond acceptors (Lipinski definition) is 7. The summed E-state index contributed by atoms with van der Waals surface area (Å²) in [4.78, 5) is 39.2. The minimum atomic E-state index is -1.21. The van der Waals surface area contributed by atoms with Crippen LogP contribution in [0.1, 0.15) is 5.56 Å². The minimum Gasteiger partial charge on any atom is -0.497 e. The molecule has 0 bridgehead atoms. The number of amides is 3. The maximum absolute atomic E-state index is 12.8. The van der Waals surface area contributed by atoms with Gasteiger partial charge < -0.3 is 10.1 Å². The maximum Gasteiger partial charge on any atom is 0.251 e. The second-order valence-corrected chi connectivity index (χ2v) is 7.99. The molecule has 2 aromatic carbocycles. The van der Waals surface area contributed by atoms with Crippen LogP contribution in [0.15, 0.2) is 58.5 Å². The number of hydrogen-bond donors (Lipinski definition) is 2. The Bertz CT molecular complexity index is 1020. The molecule has 1 fully saturated rings. The Labute approximate surface area is 189 Å². The maximum atomic E-state index is 12.8. The number of nitrogens with zero attached hydrogens (tertiary/aromatic N) is 2. The van der Waals surface area contributed by atoms with Gasteiger partial charge in [-0.15, -0.1) is 11.8 Å². The molecule has 0 spiro atoms. The molecule has 1 saturated heterocycles. The van der Waals surface area contributed by atoms with E-state index in [4.69, 9.17) is 17.0 Å². The zero-order valence-electron chi connectivity index (χ0n) is 16.8. The lowest BCUT2D eigenvalue weighted by atomic mass is 10.1. The average Bonchev–Trinajstić information content (AvgIpc) is 2.76. The van der Waals surface area contributed by atoms with E-state index in [0.29, 0.717) is 5.69 Å². The van der Waals surface area contributed by atoms with Crippen molar-refractivity contribution in [2.45, 2.75) is 11.8 Å². The quantitative estimate of drug-likeness (QED) is 0.218. The summed E-state index contributed by atoms with van der Waals surface area (Å²) in [5.74, 6) is -1.86. The summed E-state index contributed by atoms with van der Waals surface area (Å²) < 4.78 is 5.09. The molecule has 0 aliphatic carbocycles. The molecule has 2 aromatic rings. The molecule has 10 heteroatoms. The Balaban J connectivity index is 1.58. The highest BCUT2D eigenvalue weighted by molar-refractivity contribution is 8.00. The van der Waals surface area contributed by atoms with Crippen molar-refractivity contribution in [1.29, 1.82) is 0 Å². The van der Waals surface area contributed by atoms with Gasteiger partial charge in [-0.1, -0.05) is 17.7 Å². The number of anilines is 1. The van der Waals surface area contributed by atoms with Crippen LogP contribution in [0, 0.1) is 12.8 Å². The van der Waals surface area contributed by atoms with E-state index in [-0.39, 0.29) is 16.8 Å². The van der Waals surface area contributed by atoms with E-state index in [1.165, 1.54) is 16.7 Å². The molecule has 3 rings (SSSR count). The number of benzene rings is 2. The Morgan fingerprint density at radius 1 is 1.23 bits per heavy atom. The Kier molecular flexibility index (Phi) is 7.37. The summed E-state index contributed by atoms with van der Waals surface area (Å²) in [6.07, 6.45) is 1.11. The summed E-state index contributed by atoms with van der Waals surface area (Å²) in [5, 5.41) is 6.29. The lowest BCUT2D eigenvalue weighted by molar-refractivity contribution is -0.130. The van der Waals surface area contributed by atoms with Gasteiger partial charge in [0.05, 0.1) is 18.6 Å². The molecule has 1 heterocycles. The largest absolute Gasteiger partial charge is 0.497 e. The Morgan fingerprint density at radius 2 is 1.90 bits per heavy atom. The van der Waals surface area contributed by atoms with Gasteiger partial charge in [0.25, 0.3) is 5.91 Å². The number of carbonyl (C=O) groups excluding carboxylic acids is 3. The smallest absolute Gasteiger partial charge is 0.251 e. The predicted octanol–water partition coefficient (Wildman–Crippen LogP) is 2.26. The summed E-state index contributed by atoms with van der Waals surface area (Å²) in [6, 6.07) is 14.4. The van der Waals surface area contributed by atoms with Crippen LogP contribution in [0.3, 0.4) is 0 Å². The number of methoxy groups -OCH3 is 1. The van der Waals surface area contributed by atoms with Crippen molar-refractivity contribution >= 4 is 58.7 Å². The number of rotatable bonds is 7. The second-order valence-electron chi connectivity index (χ2n) is 6.56. The third-order valence-electron chi connectivity index (χ3n) is 4.34. The number of carbonyl (C=O) groups is 3. The number of nitrogens with one attached hydrogen (secondary N) is 2. The monoisotopic (exact) mass is 456 g/mol. The van der Waals surface area contributed by atoms with Gasteiger partial charge in [0.2, 0.25) is 11.8 Å². The average molecular weight is 457 g/mol. The predicted molar refractivity (Wildman–Crippen MR) is 123 cm³/mol. The van der Waals surface area contributed by atoms with Gasteiger partial charge in [-0.2, -0.15) is 5.10 Å². The molecule has 1 aliphatic rings. The van der Waals surface area contributed by atoms with Crippen LogP contribution in [-0.4, -0.2) is 41.9 Å². The van der Waals surface area contributed by atoms with Crippen LogP contribution >= 0.6 is 24.0 Å². The van der Waals surface area contributed by atoms with Crippen molar-refractivity contribution in [2.24, 2.45) is 11.0 Å². The molecular weight excluding hydrogens is 436 g/mol. The SMILES string of the molecule is COc1ccc(SCC(=O)N/N=C\[C@H]2C(=O)NC(=S)N(c3ccc(C)cc3)C2=O)cc1. The Morgan fingerprint density at radius 3 is 2.55 bits per heavy atom. The topological polar surface area (TPSA) is 100 Å². The van der Waals surface area contributed by atoms with Crippen molar-refractivity contribution in [1.82, 2.24) is 10.7 Å². The lowest BCUT2D eigenvalue weighted by Crippen LogP contribution is -2.58. The molecule has 1 atom stereocenters. The number of aryl methyl sites for hydroxylation is 1. The fraction of sp³-hybridized carbons (Fsp3) is 0.190. The van der Waals surface area contributed by atoms with E-state index in [9.17, 15) is 14.4 Å². The molecule has 2 N–H and O–H groups in total. The van der Waals surface area contributed by atoms with Crippen molar-refractivity contribution in [3.05, 3.63) is 54.1 Å². The highest BCUT2D eigenvalue weighted by atomic mass is 32.2. The highest BCUT2D eigenvalue weighted by Gasteiger charge is 2.38. The molecule has 1 aliphatic heterocycles. The summed E-state index contributed by atoms with van der Waals surface area (Å²) >= 11 is 6.47. The second kappa shape index (κ2) is 10.2. The summed E-state index contributed by atoms with van der Waals surface area (Å²) in [7, 11) is 1.58. The van der Waals surface area contributed by atoms with E-state index in [0.717, 1.165) is 22.4 Å². The van der Waals surface area contributed by atoms with Gasteiger partial charge in [-0.25, -0.2) is 5.43 Å². The molecule has 0 unspecified atom stereocenters. The Hall–Kier alpha value is -3.24. The van der Waals surface area contributed by atoms with Crippen molar-refractivity contribution in [3.8, 4) is 5.75 Å². The zero-order valence-corrected chi connectivity index (χ0v) is 18.5. The lowest BCUT2D eigenvalue weighted by Gasteiger charge is -2.30. The van der Waals surface area contributed by atoms with E-state index < -0.39 is 17.7 Å². The van der Waals surface area contributed by atoms with Crippen molar-refractivity contribution in [3.63, 3.8) is 0 Å². The van der Waals surface area contributed by atoms with Crippen molar-refractivity contribution < 1.29 is 19.1 Å². The van der Waals surface area contributed by atoms with Crippen LogP contribution in [0.25, 0.3) is 0 Å². The number of hydrazone groups is 1. The van der Waals surface area contributed by atoms with E-state index >= 15 is 0 Å². The molecule has 31 heavy (non-hydrogen) atoms. The molecule has 160 valence electrons. The number of ether oxygens (including phenoxy) is 1. The molecule has 3 amide bonds. The van der Waals surface area contributed by atoms with Gasteiger partial charge in [-0.05, 0) is 55.5 Å². The first-order valence-corrected chi connectivity index (χ1v) is 10.6. The molecule has 8 nitrogen and oxygen atoms in total. The first kappa shape index (κ1) is 22.4. The van der Waals surface area contributed by atoms with Crippen LogP contribution in [0.4, 0.5) is 5.69 Å². The van der Waals surface area contributed by atoms with Crippen LogP contribution in [-0.2, 0) is 14.4 Å². The molecule has 0 radical (unpaired) electrons. The van der Waals surface area contributed by atoms with E-state index in [2.05, 4.69) is 15.8 Å². The zero-order chi connectivity index (χ0) is 22.4. The third-order valence-corrected chi connectivity index (χ3v) is 5.63. The van der Waals surface area contributed by atoms with Gasteiger partial charge in [0.15, 0.2) is 11.0 Å². The van der Waals surface area contributed by atoms with Gasteiger partial charge in [-0.3, -0.25) is 19.3 Å². The van der Waals surface area contributed by atoms with Crippen molar-refractivity contribution in [2.75, 3.05) is 17.8 Å². The van der Waals surface area contributed by atoms with Crippen LogP contribution < -0.4 is 20.4 Å². The minimum absolute atomic E-state index is 0.00318. The van der Waals surface area contributed by atoms with Gasteiger partial charge >= 0.3 is 0 Å². The first-order chi connectivity index (χ1) is 14.9. The standard InChI is InChI=1S/C21H20N4O4S2/c1-13-3-5-14(6-4-13)25-20(28)17(19(27)23-21(25)30)11-22-24-18(26)12-31-16-9-7-15(29-2)8-10-16/h3-11,17H,12H2,1-2H3,(H,24,26)(H,23,27,30)/b22-11-/t17-/m0/s1. The highest BCUT2D eigenvalue weighted by Crippen LogP contribution is 2.22. The van der Waals surface area contributed by atoms with E-state index in [1.54, 1.807) is 31.4 Å². The number of thioether (sulfide) groups is 1. The van der Waals surface area contributed by atoms with Gasteiger partial charge in [0, 0.05) is 11.1 Å². The van der Waals surface area contributed by atoms with Crippen LogP contribution in [0.5, 0.6) is 5.75 Å². The normalized spacial score (nSPS) is 16.4. The fourth-order valence-corrected chi connectivity index (χ4v) is 3.68. The summed E-state index contributed by atoms with van der Waals surface area (Å²) in [6.45, 7) is 1.92. The van der Waals surface area contributed by atoms with Crippen LogP contribution in [0.2, 0.25) is 0 Å². The van der Waals surface area contributed by atoms with E-state index in [1.807, 2.05) is 31.2 Å². The third kappa shape index (κ3) is 5.68. The number of thiocarbonyl (C=S) groups is 1. The van der Waals surface area contributed by atoms with Gasteiger partial charge in [0.1, 0.15) is 5.75 Å². The molecule has 0 saturated carbocycles. The molecule has 0 aromatic heterocycles. The summed E-state index contributed by atoms with van der Waals surface area (Å²) in [5.41, 5.74) is 3.90. The molecular formula is C21H20N4O4S2. The fourth-order valence-electron chi connectivity index (χ4n) is 2.70. The first-order valence-electron chi connectivity index (χ1n) is 9.23.